The van der Waals surface area contributed by atoms with Crippen LogP contribution in [0.15, 0.2) is 42.5 Å². The number of aryl methyl sites for hydroxylation is 2. The Morgan fingerprint density at radius 2 is 1.74 bits per heavy atom. The van der Waals surface area contributed by atoms with E-state index in [-0.39, 0.29) is 24.1 Å². The molecule has 0 aliphatic carbocycles. The van der Waals surface area contributed by atoms with E-state index in [9.17, 15) is 14.4 Å². The summed E-state index contributed by atoms with van der Waals surface area (Å²) in [5, 5.41) is 5.53. The summed E-state index contributed by atoms with van der Waals surface area (Å²) < 4.78 is 0. The third kappa shape index (κ3) is 4.34. The van der Waals surface area contributed by atoms with Gasteiger partial charge < -0.3 is 15.5 Å². The maximum atomic E-state index is 12.6. The van der Waals surface area contributed by atoms with Gasteiger partial charge in [-0.05, 0) is 43.7 Å². The van der Waals surface area contributed by atoms with E-state index in [1.165, 1.54) is 6.92 Å². The van der Waals surface area contributed by atoms with Gasteiger partial charge in [0.05, 0.1) is 5.92 Å². The smallest absolute Gasteiger partial charge is 0.229 e. The van der Waals surface area contributed by atoms with Crippen LogP contribution in [0.1, 0.15) is 24.5 Å². The van der Waals surface area contributed by atoms with Crippen molar-refractivity contribution in [3.63, 3.8) is 0 Å². The third-order valence-corrected chi connectivity index (χ3v) is 4.59. The largest absolute Gasteiger partial charge is 0.326 e. The number of rotatable bonds is 4. The van der Waals surface area contributed by atoms with Crippen LogP contribution in [0.2, 0.25) is 0 Å². The molecule has 27 heavy (non-hydrogen) atoms. The average molecular weight is 365 g/mol. The lowest BCUT2D eigenvalue weighted by Crippen LogP contribution is -2.28. The summed E-state index contributed by atoms with van der Waals surface area (Å²) in [7, 11) is 0. The zero-order valence-corrected chi connectivity index (χ0v) is 15.7. The van der Waals surface area contributed by atoms with Gasteiger partial charge in [-0.15, -0.1) is 0 Å². The summed E-state index contributed by atoms with van der Waals surface area (Å²) in [6, 6.07) is 12.9. The number of hydrogen-bond acceptors (Lipinski definition) is 3. The second-order valence-corrected chi connectivity index (χ2v) is 6.95. The summed E-state index contributed by atoms with van der Waals surface area (Å²) >= 11 is 0. The van der Waals surface area contributed by atoms with Crippen LogP contribution in [0.5, 0.6) is 0 Å². The van der Waals surface area contributed by atoms with Gasteiger partial charge in [-0.3, -0.25) is 14.4 Å². The molecule has 1 fully saturated rings. The lowest BCUT2D eigenvalue weighted by Gasteiger charge is -2.19. The van der Waals surface area contributed by atoms with E-state index in [1.54, 1.807) is 29.2 Å². The molecular formula is C21H23N3O3. The van der Waals surface area contributed by atoms with Gasteiger partial charge in [0.2, 0.25) is 17.7 Å². The topological polar surface area (TPSA) is 78.5 Å². The molecule has 3 rings (SSSR count). The van der Waals surface area contributed by atoms with Crippen molar-refractivity contribution in [2.24, 2.45) is 5.92 Å². The number of benzene rings is 2. The summed E-state index contributed by atoms with van der Waals surface area (Å²) in [6.07, 6.45) is 0.185. The Morgan fingerprint density at radius 3 is 2.41 bits per heavy atom. The predicted molar refractivity (Wildman–Crippen MR) is 106 cm³/mol. The monoisotopic (exact) mass is 365 g/mol. The van der Waals surface area contributed by atoms with E-state index in [2.05, 4.69) is 10.6 Å². The Balaban J connectivity index is 1.70. The van der Waals surface area contributed by atoms with Crippen LogP contribution in [-0.4, -0.2) is 24.3 Å². The number of nitrogens with one attached hydrogen (secondary N) is 2. The fourth-order valence-electron chi connectivity index (χ4n) is 3.35. The van der Waals surface area contributed by atoms with Crippen molar-refractivity contribution in [3.05, 3.63) is 53.6 Å². The zero-order chi connectivity index (χ0) is 19.6. The van der Waals surface area contributed by atoms with Crippen LogP contribution in [0.4, 0.5) is 17.1 Å². The van der Waals surface area contributed by atoms with E-state index in [0.29, 0.717) is 17.9 Å². The van der Waals surface area contributed by atoms with Gasteiger partial charge in [0.1, 0.15) is 0 Å². The van der Waals surface area contributed by atoms with E-state index < -0.39 is 5.92 Å². The number of carbonyl (C=O) groups excluding carboxylic acids is 3. The number of nitrogens with zero attached hydrogens (tertiary/aromatic N) is 1. The van der Waals surface area contributed by atoms with E-state index in [0.717, 1.165) is 16.8 Å². The molecule has 6 nitrogen and oxygen atoms in total. The van der Waals surface area contributed by atoms with Gasteiger partial charge in [0.25, 0.3) is 0 Å². The molecule has 1 aliphatic rings. The minimum Gasteiger partial charge on any atom is -0.326 e. The van der Waals surface area contributed by atoms with E-state index in [4.69, 9.17) is 0 Å². The Bertz CT molecular complexity index is 907. The fourth-order valence-corrected chi connectivity index (χ4v) is 3.35. The minimum absolute atomic E-state index is 0.0471. The zero-order valence-electron chi connectivity index (χ0n) is 15.7. The van der Waals surface area contributed by atoms with Crippen LogP contribution < -0.4 is 15.5 Å². The second-order valence-electron chi connectivity index (χ2n) is 6.95. The average Bonchev–Trinajstić information content (AvgIpc) is 2.96. The van der Waals surface area contributed by atoms with Crippen LogP contribution in [0, 0.1) is 19.8 Å². The molecule has 3 amide bonds. The van der Waals surface area contributed by atoms with Gasteiger partial charge in [0, 0.05) is 37.0 Å². The fraction of sp³-hybridized carbons (Fsp3) is 0.286. The Hall–Kier alpha value is -3.15. The highest BCUT2D eigenvalue weighted by Crippen LogP contribution is 2.29. The van der Waals surface area contributed by atoms with Crippen LogP contribution >= 0.6 is 0 Å². The first kappa shape index (κ1) is 18.6. The number of anilines is 3. The molecule has 0 radical (unpaired) electrons. The molecular weight excluding hydrogens is 342 g/mol. The van der Waals surface area contributed by atoms with Crippen LogP contribution in [0.25, 0.3) is 0 Å². The Kier molecular flexibility index (Phi) is 5.26. The molecule has 1 heterocycles. The molecule has 0 aromatic heterocycles. The number of carbonyl (C=O) groups is 3. The van der Waals surface area contributed by atoms with Gasteiger partial charge in [-0.1, -0.05) is 23.8 Å². The van der Waals surface area contributed by atoms with Crippen molar-refractivity contribution in [2.45, 2.75) is 27.2 Å². The second kappa shape index (κ2) is 7.61. The number of amides is 3. The molecule has 1 atom stereocenters. The summed E-state index contributed by atoms with van der Waals surface area (Å²) in [6.45, 7) is 5.77. The lowest BCUT2D eigenvalue weighted by atomic mass is 10.1. The van der Waals surface area contributed by atoms with Crippen molar-refractivity contribution in [2.75, 3.05) is 22.1 Å². The molecule has 0 bridgehead atoms. The number of hydrogen-bond donors (Lipinski definition) is 2. The predicted octanol–water partition coefficient (Wildman–Crippen LogP) is 3.25. The van der Waals surface area contributed by atoms with Crippen molar-refractivity contribution in [1.82, 2.24) is 0 Å². The summed E-state index contributed by atoms with van der Waals surface area (Å²) in [4.78, 5) is 37.9. The highest BCUT2D eigenvalue weighted by Gasteiger charge is 2.35. The van der Waals surface area contributed by atoms with Gasteiger partial charge >= 0.3 is 0 Å². The first-order chi connectivity index (χ1) is 12.8. The summed E-state index contributed by atoms with van der Waals surface area (Å²) in [5.41, 5.74) is 4.21. The van der Waals surface area contributed by atoms with Gasteiger partial charge in [-0.2, -0.15) is 0 Å². The molecule has 0 saturated carbocycles. The van der Waals surface area contributed by atoms with Crippen molar-refractivity contribution in [1.29, 1.82) is 0 Å². The van der Waals surface area contributed by atoms with Crippen molar-refractivity contribution < 1.29 is 14.4 Å². The first-order valence-corrected chi connectivity index (χ1v) is 8.89. The molecule has 2 aromatic rings. The maximum Gasteiger partial charge on any atom is 0.229 e. The molecule has 0 spiro atoms. The Labute approximate surface area is 158 Å². The summed E-state index contributed by atoms with van der Waals surface area (Å²) in [5.74, 6) is -0.837. The van der Waals surface area contributed by atoms with Crippen LogP contribution in [-0.2, 0) is 14.4 Å². The SMILES string of the molecule is CC(=O)Nc1cccc(NC(=O)C2CC(=O)N(c3ccc(C)cc3C)C2)c1. The molecule has 140 valence electrons. The van der Waals surface area contributed by atoms with Crippen molar-refractivity contribution >= 4 is 34.8 Å². The van der Waals surface area contributed by atoms with Gasteiger partial charge in [0.15, 0.2) is 0 Å². The van der Waals surface area contributed by atoms with Gasteiger partial charge in [-0.25, -0.2) is 0 Å². The standard InChI is InChI=1S/C21H23N3O3/c1-13-7-8-19(14(2)9-13)24-12-16(10-20(24)26)21(27)23-18-6-4-5-17(11-18)22-15(3)25/h4-9,11,16H,10,12H2,1-3H3,(H,22,25)(H,23,27). The van der Waals surface area contributed by atoms with Crippen molar-refractivity contribution in [3.8, 4) is 0 Å². The first-order valence-electron chi connectivity index (χ1n) is 8.89. The normalized spacial score (nSPS) is 16.3. The minimum atomic E-state index is -0.414. The molecule has 2 N–H and O–H groups in total. The lowest BCUT2D eigenvalue weighted by molar-refractivity contribution is -0.122. The van der Waals surface area contributed by atoms with E-state index in [1.807, 2.05) is 32.0 Å². The quantitative estimate of drug-likeness (QED) is 0.873. The molecule has 1 unspecified atom stereocenters. The highest BCUT2D eigenvalue weighted by molar-refractivity contribution is 6.04. The molecule has 6 heteroatoms. The van der Waals surface area contributed by atoms with Crippen LogP contribution in [0.3, 0.4) is 0 Å². The molecule has 2 aromatic carbocycles. The van der Waals surface area contributed by atoms with E-state index >= 15 is 0 Å². The highest BCUT2D eigenvalue weighted by atomic mass is 16.2. The molecule has 1 saturated heterocycles. The molecule has 1 aliphatic heterocycles. The maximum absolute atomic E-state index is 12.6. The third-order valence-electron chi connectivity index (χ3n) is 4.59. The Morgan fingerprint density at radius 1 is 1.04 bits per heavy atom.